The minimum Gasteiger partial charge on any atom is -0.465 e. The molecule has 2 amide bonds. The van der Waals surface area contributed by atoms with Gasteiger partial charge in [0, 0.05) is 13.1 Å². The summed E-state index contributed by atoms with van der Waals surface area (Å²) < 4.78 is 155. The van der Waals surface area contributed by atoms with Gasteiger partial charge < -0.3 is 10.2 Å². The van der Waals surface area contributed by atoms with E-state index in [0.717, 1.165) is 0 Å². The second-order valence-electron chi connectivity index (χ2n) is 7.74. The van der Waals surface area contributed by atoms with Gasteiger partial charge in [0.05, 0.1) is 0 Å². The van der Waals surface area contributed by atoms with Gasteiger partial charge in [-0.15, -0.1) is 0 Å². The van der Waals surface area contributed by atoms with Crippen LogP contribution in [0.1, 0.15) is 25.7 Å². The summed E-state index contributed by atoms with van der Waals surface area (Å²) in [5.74, 6) is -2.62. The largest absolute Gasteiger partial charge is 0.465 e. The molecular formula is C16H18F12N2O4. The highest BCUT2D eigenvalue weighted by Gasteiger charge is 2.62. The van der Waals surface area contributed by atoms with E-state index in [2.05, 4.69) is 0 Å². The Bertz CT molecular complexity index is 633. The lowest BCUT2D eigenvalue weighted by Crippen LogP contribution is -2.58. The van der Waals surface area contributed by atoms with E-state index < -0.39 is 90.1 Å². The standard InChI is InChI=1S/C16H18F12N2O4/c17-13(18,19)9(14(20,21)22)29(11(31)32)5-7-2-1-3-8(4-7)6-30(12(33)34)10(15(23,24)25)16(26,27)28/h7-10H,1-6H2,(H,31,32)(H,33,34). The Hall–Kier alpha value is -2.30. The van der Waals surface area contributed by atoms with Crippen molar-refractivity contribution in [2.24, 2.45) is 11.8 Å². The van der Waals surface area contributed by atoms with Gasteiger partial charge in [-0.05, 0) is 31.1 Å². The fourth-order valence-electron chi connectivity index (χ4n) is 3.96. The minimum atomic E-state index is -6.06. The van der Waals surface area contributed by atoms with Crippen molar-refractivity contribution in [3.8, 4) is 0 Å². The molecule has 34 heavy (non-hydrogen) atoms. The van der Waals surface area contributed by atoms with Crippen LogP contribution in [0.15, 0.2) is 0 Å². The maximum absolute atomic E-state index is 12.9. The first-order chi connectivity index (χ1) is 15.1. The van der Waals surface area contributed by atoms with Gasteiger partial charge >= 0.3 is 36.9 Å². The molecule has 1 aliphatic carbocycles. The van der Waals surface area contributed by atoms with Crippen LogP contribution in [0.5, 0.6) is 0 Å². The zero-order valence-corrected chi connectivity index (χ0v) is 16.7. The lowest BCUT2D eigenvalue weighted by Gasteiger charge is -2.39. The molecule has 2 unspecified atom stereocenters. The van der Waals surface area contributed by atoms with Gasteiger partial charge in [0.1, 0.15) is 0 Å². The zero-order chi connectivity index (χ0) is 26.9. The van der Waals surface area contributed by atoms with Gasteiger partial charge in [0.25, 0.3) is 0 Å². The lowest BCUT2D eigenvalue weighted by molar-refractivity contribution is -0.282. The highest BCUT2D eigenvalue weighted by atomic mass is 19.4. The van der Waals surface area contributed by atoms with E-state index in [1.807, 2.05) is 0 Å². The van der Waals surface area contributed by atoms with Crippen LogP contribution in [-0.2, 0) is 0 Å². The Labute approximate surface area is 183 Å². The average molecular weight is 530 g/mol. The van der Waals surface area contributed by atoms with Crippen molar-refractivity contribution in [1.82, 2.24) is 9.80 Å². The van der Waals surface area contributed by atoms with Crippen LogP contribution in [0.2, 0.25) is 0 Å². The number of alkyl halides is 12. The first-order valence-electron chi connectivity index (χ1n) is 9.32. The summed E-state index contributed by atoms with van der Waals surface area (Å²) >= 11 is 0. The van der Waals surface area contributed by atoms with Gasteiger partial charge in [-0.3, -0.25) is 9.80 Å². The molecule has 2 atom stereocenters. The predicted octanol–water partition coefficient (Wildman–Crippen LogP) is 5.74. The third-order valence-electron chi connectivity index (χ3n) is 5.16. The van der Waals surface area contributed by atoms with E-state index in [-0.39, 0.29) is 19.3 Å². The van der Waals surface area contributed by atoms with Gasteiger partial charge in [0.2, 0.25) is 12.1 Å². The summed E-state index contributed by atoms with van der Waals surface area (Å²) in [6, 6.07) is -8.82. The van der Waals surface area contributed by atoms with Crippen LogP contribution >= 0.6 is 0 Å². The summed E-state index contributed by atoms with van der Waals surface area (Å²) in [5.41, 5.74) is 0. The fraction of sp³-hybridized carbons (Fsp3) is 0.875. The number of rotatable bonds is 6. The van der Waals surface area contributed by atoms with E-state index in [1.165, 1.54) is 0 Å². The van der Waals surface area contributed by atoms with E-state index in [0.29, 0.717) is 0 Å². The molecule has 0 bridgehead atoms. The molecule has 0 spiro atoms. The molecule has 0 saturated heterocycles. The molecule has 0 radical (unpaired) electrons. The highest BCUT2D eigenvalue weighted by molar-refractivity contribution is 5.66. The first-order valence-corrected chi connectivity index (χ1v) is 9.32. The van der Waals surface area contributed by atoms with Crippen LogP contribution in [0.4, 0.5) is 62.3 Å². The maximum Gasteiger partial charge on any atom is 0.417 e. The summed E-state index contributed by atoms with van der Waals surface area (Å²) in [5, 5.41) is 17.9. The van der Waals surface area contributed by atoms with Crippen molar-refractivity contribution in [3.05, 3.63) is 0 Å². The van der Waals surface area contributed by atoms with Gasteiger partial charge in [0.15, 0.2) is 0 Å². The summed E-state index contributed by atoms with van der Waals surface area (Å²) in [6.07, 6.45) is -30.5. The quantitative estimate of drug-likeness (QED) is 0.430. The Kier molecular flexibility index (Phi) is 8.86. The van der Waals surface area contributed by atoms with E-state index in [1.54, 1.807) is 0 Å². The van der Waals surface area contributed by atoms with E-state index in [9.17, 15) is 62.3 Å². The van der Waals surface area contributed by atoms with Crippen LogP contribution in [-0.4, -0.2) is 82.1 Å². The number of hydrogen-bond donors (Lipinski definition) is 2. The monoisotopic (exact) mass is 530 g/mol. The second kappa shape index (κ2) is 10.1. The smallest absolute Gasteiger partial charge is 0.417 e. The molecule has 0 aliphatic heterocycles. The highest BCUT2D eigenvalue weighted by Crippen LogP contribution is 2.41. The molecule has 0 aromatic rings. The van der Waals surface area contributed by atoms with Crippen molar-refractivity contribution < 1.29 is 72.5 Å². The summed E-state index contributed by atoms with van der Waals surface area (Å²) in [6.45, 7) is -2.74. The molecule has 1 saturated carbocycles. The Morgan fingerprint density at radius 1 is 0.647 bits per heavy atom. The average Bonchev–Trinajstić information content (AvgIpc) is 2.55. The molecule has 6 nitrogen and oxygen atoms in total. The second-order valence-corrected chi connectivity index (χ2v) is 7.74. The van der Waals surface area contributed by atoms with E-state index in [4.69, 9.17) is 10.2 Å². The SMILES string of the molecule is O=C(O)N(CC1CCCC(CN(C(=O)O)C(C(F)(F)F)C(F)(F)F)C1)C(C(F)(F)F)C(F)(F)F. The van der Waals surface area contributed by atoms with Gasteiger partial charge in [-0.1, -0.05) is 6.42 Å². The van der Waals surface area contributed by atoms with Crippen molar-refractivity contribution in [3.63, 3.8) is 0 Å². The Morgan fingerprint density at radius 3 is 1.12 bits per heavy atom. The normalized spacial score (nSPS) is 20.5. The van der Waals surface area contributed by atoms with Crippen LogP contribution in [0.25, 0.3) is 0 Å². The Morgan fingerprint density at radius 2 is 0.912 bits per heavy atom. The molecule has 2 N–H and O–H groups in total. The molecule has 0 heterocycles. The molecule has 18 heteroatoms. The van der Waals surface area contributed by atoms with Gasteiger partial charge in [-0.2, -0.15) is 52.7 Å². The first kappa shape index (κ1) is 29.7. The molecule has 0 aromatic carbocycles. The lowest BCUT2D eigenvalue weighted by atomic mass is 9.80. The zero-order valence-electron chi connectivity index (χ0n) is 16.7. The van der Waals surface area contributed by atoms with Crippen molar-refractivity contribution in [2.75, 3.05) is 13.1 Å². The van der Waals surface area contributed by atoms with Crippen LogP contribution in [0.3, 0.4) is 0 Å². The molecule has 1 aliphatic rings. The summed E-state index contributed by atoms with van der Waals surface area (Å²) in [7, 11) is 0. The molecule has 1 rings (SSSR count). The van der Waals surface area contributed by atoms with Crippen LogP contribution in [0, 0.1) is 11.8 Å². The van der Waals surface area contributed by atoms with Crippen molar-refractivity contribution in [1.29, 1.82) is 0 Å². The molecule has 0 aromatic heterocycles. The van der Waals surface area contributed by atoms with E-state index >= 15 is 0 Å². The van der Waals surface area contributed by atoms with Crippen molar-refractivity contribution in [2.45, 2.75) is 62.5 Å². The van der Waals surface area contributed by atoms with Gasteiger partial charge in [-0.25, -0.2) is 9.59 Å². The maximum atomic E-state index is 12.9. The molecule has 200 valence electrons. The van der Waals surface area contributed by atoms with Crippen molar-refractivity contribution >= 4 is 12.2 Å². The number of halogens is 12. The predicted molar refractivity (Wildman–Crippen MR) is 86.7 cm³/mol. The topological polar surface area (TPSA) is 81.1 Å². The van der Waals surface area contributed by atoms with Crippen LogP contribution < -0.4 is 0 Å². The number of carboxylic acid groups (broad SMARTS) is 2. The minimum absolute atomic E-state index is 0.109. The fourth-order valence-corrected chi connectivity index (χ4v) is 3.96. The third kappa shape index (κ3) is 7.89. The number of nitrogens with zero attached hydrogens (tertiary/aromatic N) is 2. The number of carbonyl (C=O) groups is 2. The third-order valence-corrected chi connectivity index (χ3v) is 5.16. The molecular weight excluding hydrogens is 512 g/mol. The number of hydrogen-bond acceptors (Lipinski definition) is 2. The molecule has 1 fully saturated rings. The Balaban J connectivity index is 3.13. The number of amides is 2. The summed E-state index contributed by atoms with van der Waals surface area (Å²) in [4.78, 5) is 20.4.